The summed E-state index contributed by atoms with van der Waals surface area (Å²) in [6.07, 6.45) is 1.86. The van der Waals surface area contributed by atoms with Gasteiger partial charge < -0.3 is 0 Å². The second-order valence-corrected chi connectivity index (χ2v) is 9.98. The average molecular weight is 482 g/mol. The lowest BCUT2D eigenvalue weighted by Crippen LogP contribution is -1.89. The lowest BCUT2D eigenvalue weighted by atomic mass is 9.88. The van der Waals surface area contributed by atoms with Crippen LogP contribution in [0, 0.1) is 0 Å². The lowest BCUT2D eigenvalue weighted by molar-refractivity contribution is 1.33. The summed E-state index contributed by atoms with van der Waals surface area (Å²) < 4.78 is 0. The number of pyridine rings is 1. The second kappa shape index (κ2) is 8.26. The van der Waals surface area contributed by atoms with Crippen LogP contribution < -0.4 is 0 Å². The van der Waals surface area contributed by atoms with E-state index < -0.39 is 0 Å². The summed E-state index contributed by atoms with van der Waals surface area (Å²) >= 11 is 0. The van der Waals surface area contributed by atoms with Gasteiger partial charge in [0, 0.05) is 11.8 Å². The summed E-state index contributed by atoms with van der Waals surface area (Å²) in [5, 5.41) is 5.15. The molecule has 0 amide bonds. The summed E-state index contributed by atoms with van der Waals surface area (Å²) in [5.74, 6) is 0. The van der Waals surface area contributed by atoms with E-state index in [1.54, 1.807) is 0 Å². The van der Waals surface area contributed by atoms with E-state index in [4.69, 9.17) is 0 Å². The first-order valence-corrected chi connectivity index (χ1v) is 13.1. The van der Waals surface area contributed by atoms with Crippen molar-refractivity contribution in [2.24, 2.45) is 0 Å². The van der Waals surface area contributed by atoms with Crippen molar-refractivity contribution >= 4 is 21.5 Å². The molecule has 0 aliphatic heterocycles. The maximum Gasteiger partial charge on any atom is 0.0702 e. The van der Waals surface area contributed by atoms with E-state index in [-0.39, 0.29) is 0 Å². The van der Waals surface area contributed by atoms with E-state index in [0.29, 0.717) is 0 Å². The van der Waals surface area contributed by atoms with Crippen LogP contribution in [-0.2, 0) is 0 Å². The number of nitrogens with zero attached hydrogens (tertiary/aromatic N) is 1. The number of rotatable bonds is 3. The Kier molecular flexibility index (Phi) is 4.59. The minimum absolute atomic E-state index is 1.00. The molecule has 0 radical (unpaired) electrons. The number of hydrogen-bond donors (Lipinski definition) is 0. The molecular weight excluding hydrogens is 458 g/mol. The van der Waals surface area contributed by atoms with Gasteiger partial charge in [-0.15, -0.1) is 0 Å². The van der Waals surface area contributed by atoms with Gasteiger partial charge in [0.25, 0.3) is 0 Å². The number of fused-ring (bicyclic) bond motifs is 4. The van der Waals surface area contributed by atoms with Crippen molar-refractivity contribution in [2.75, 3.05) is 0 Å². The van der Waals surface area contributed by atoms with Crippen LogP contribution in [0.5, 0.6) is 0 Å². The van der Waals surface area contributed by atoms with Crippen LogP contribution in [0.15, 0.2) is 140 Å². The third kappa shape index (κ3) is 3.16. The van der Waals surface area contributed by atoms with Crippen molar-refractivity contribution in [1.29, 1.82) is 0 Å². The summed E-state index contributed by atoms with van der Waals surface area (Å²) in [5.41, 5.74) is 12.4. The molecule has 1 aromatic heterocycles. The molecule has 1 nitrogen and oxygen atoms in total. The third-order valence-corrected chi connectivity index (χ3v) is 7.86. The van der Waals surface area contributed by atoms with Gasteiger partial charge in [-0.3, -0.25) is 4.98 Å². The van der Waals surface area contributed by atoms with Crippen LogP contribution in [-0.4, -0.2) is 4.98 Å². The van der Waals surface area contributed by atoms with Gasteiger partial charge in [0.2, 0.25) is 0 Å². The molecule has 1 heterocycles. The van der Waals surface area contributed by atoms with Crippen molar-refractivity contribution in [3.63, 3.8) is 0 Å². The van der Waals surface area contributed by atoms with Gasteiger partial charge in [0.05, 0.1) is 5.69 Å². The summed E-state index contributed by atoms with van der Waals surface area (Å²) in [6, 6.07) is 48.4. The van der Waals surface area contributed by atoms with E-state index in [1.165, 1.54) is 66.1 Å². The normalized spacial score (nSPS) is 11.7. The zero-order chi connectivity index (χ0) is 25.1. The van der Waals surface area contributed by atoms with Crippen LogP contribution in [0.4, 0.5) is 0 Å². The Morgan fingerprint density at radius 3 is 1.87 bits per heavy atom. The van der Waals surface area contributed by atoms with Gasteiger partial charge >= 0.3 is 0 Å². The standard InChI is InChI=1S/C37H23N/c1-2-9-24(10-3-1)33-21-25-11-4-5-12-26(25)22-35(33)29-18-19-32-28-17-16-27(36-15-6-7-20-38-36)23-34(28)31-14-8-13-30(29)37(31)32/h1-23H. The van der Waals surface area contributed by atoms with Gasteiger partial charge in [-0.25, -0.2) is 0 Å². The van der Waals surface area contributed by atoms with Crippen LogP contribution in [0.3, 0.4) is 0 Å². The highest BCUT2D eigenvalue weighted by atomic mass is 14.7. The molecule has 7 aromatic rings. The molecule has 1 aliphatic carbocycles. The molecule has 0 saturated carbocycles. The average Bonchev–Trinajstić information content (AvgIpc) is 3.32. The molecule has 0 bridgehead atoms. The molecule has 1 heteroatoms. The van der Waals surface area contributed by atoms with E-state index in [9.17, 15) is 0 Å². The van der Waals surface area contributed by atoms with Crippen LogP contribution >= 0.6 is 0 Å². The predicted molar refractivity (Wildman–Crippen MR) is 160 cm³/mol. The topological polar surface area (TPSA) is 12.9 Å². The zero-order valence-corrected chi connectivity index (χ0v) is 20.7. The van der Waals surface area contributed by atoms with Crippen molar-refractivity contribution in [1.82, 2.24) is 4.98 Å². The van der Waals surface area contributed by atoms with Crippen molar-refractivity contribution in [3.8, 4) is 55.8 Å². The molecule has 0 N–H and O–H groups in total. The molecular formula is C37H23N. The Hall–Kier alpha value is -5.01. The molecule has 0 fully saturated rings. The molecule has 1 aliphatic rings. The van der Waals surface area contributed by atoms with E-state index in [2.05, 4.69) is 126 Å². The second-order valence-electron chi connectivity index (χ2n) is 9.98. The Morgan fingerprint density at radius 2 is 1.05 bits per heavy atom. The van der Waals surface area contributed by atoms with Crippen LogP contribution in [0.1, 0.15) is 0 Å². The minimum Gasteiger partial charge on any atom is -0.256 e. The molecule has 8 rings (SSSR count). The van der Waals surface area contributed by atoms with Gasteiger partial charge in [-0.1, -0.05) is 103 Å². The Balaban J connectivity index is 1.39. The molecule has 0 unspecified atom stereocenters. The first-order chi connectivity index (χ1) is 18.8. The van der Waals surface area contributed by atoms with Crippen molar-refractivity contribution in [3.05, 3.63) is 140 Å². The third-order valence-electron chi connectivity index (χ3n) is 7.86. The Bertz CT molecular complexity index is 2000. The molecule has 176 valence electrons. The fourth-order valence-electron chi connectivity index (χ4n) is 6.10. The Labute approximate surface area is 221 Å². The molecule has 0 atom stereocenters. The smallest absolute Gasteiger partial charge is 0.0702 e. The maximum atomic E-state index is 4.59. The van der Waals surface area contributed by atoms with Gasteiger partial charge in [0.1, 0.15) is 0 Å². The molecule has 0 spiro atoms. The SMILES string of the molecule is c1ccc(-c2cc3ccccc3cc2-c2ccc3c4c(cccc24)-c2cc(-c4ccccn4)ccc2-3)cc1. The largest absolute Gasteiger partial charge is 0.256 e. The first-order valence-electron chi connectivity index (χ1n) is 13.1. The highest BCUT2D eigenvalue weighted by molar-refractivity contribution is 6.20. The molecule has 6 aromatic carbocycles. The zero-order valence-electron chi connectivity index (χ0n) is 20.7. The van der Waals surface area contributed by atoms with Crippen molar-refractivity contribution in [2.45, 2.75) is 0 Å². The predicted octanol–water partition coefficient (Wildman–Crippen LogP) is 10.0. The van der Waals surface area contributed by atoms with Crippen LogP contribution in [0.25, 0.3) is 77.3 Å². The molecule has 0 saturated heterocycles. The maximum absolute atomic E-state index is 4.59. The van der Waals surface area contributed by atoms with E-state index in [1.807, 2.05) is 18.3 Å². The van der Waals surface area contributed by atoms with Gasteiger partial charge in [-0.2, -0.15) is 0 Å². The van der Waals surface area contributed by atoms with E-state index >= 15 is 0 Å². The summed E-state index contributed by atoms with van der Waals surface area (Å²) in [4.78, 5) is 4.59. The quantitative estimate of drug-likeness (QED) is 0.245. The number of aromatic nitrogens is 1. The highest BCUT2D eigenvalue weighted by Gasteiger charge is 2.24. The summed E-state index contributed by atoms with van der Waals surface area (Å²) in [6.45, 7) is 0. The van der Waals surface area contributed by atoms with Gasteiger partial charge in [-0.05, 0) is 96.4 Å². The number of benzene rings is 6. The monoisotopic (exact) mass is 481 g/mol. The van der Waals surface area contributed by atoms with Crippen molar-refractivity contribution < 1.29 is 0 Å². The lowest BCUT2D eigenvalue weighted by Gasteiger charge is -2.16. The first kappa shape index (κ1) is 21.1. The number of hydrogen-bond acceptors (Lipinski definition) is 1. The minimum atomic E-state index is 1.00. The highest BCUT2D eigenvalue weighted by Crippen LogP contribution is 2.51. The van der Waals surface area contributed by atoms with Gasteiger partial charge in [0.15, 0.2) is 0 Å². The Morgan fingerprint density at radius 1 is 0.368 bits per heavy atom. The summed E-state index contributed by atoms with van der Waals surface area (Å²) in [7, 11) is 0. The van der Waals surface area contributed by atoms with Crippen LogP contribution in [0.2, 0.25) is 0 Å². The van der Waals surface area contributed by atoms with E-state index in [0.717, 1.165) is 11.3 Å². The fraction of sp³-hybridized carbons (Fsp3) is 0. The fourth-order valence-corrected chi connectivity index (χ4v) is 6.10. The molecule has 38 heavy (non-hydrogen) atoms.